The van der Waals surface area contributed by atoms with Gasteiger partial charge in [-0.3, -0.25) is 9.59 Å². The lowest BCUT2D eigenvalue weighted by atomic mass is 9.95. The number of hydrogen-bond donors (Lipinski definition) is 4. The van der Waals surface area contributed by atoms with Crippen LogP contribution >= 0.6 is 11.6 Å². The molecule has 290 valence electrons. The van der Waals surface area contributed by atoms with Crippen LogP contribution in [-0.4, -0.2) is 102 Å². The number of rotatable bonds is 7. The highest BCUT2D eigenvalue weighted by Crippen LogP contribution is 2.49. The minimum atomic E-state index is -5.12. The van der Waals surface area contributed by atoms with E-state index < -0.39 is 47.2 Å². The van der Waals surface area contributed by atoms with Gasteiger partial charge in [-0.15, -0.1) is 11.6 Å². The molecule has 2 aliphatic rings. The maximum atomic E-state index is 14.3. The number of ether oxygens (including phenoxy) is 2. The zero-order valence-corrected chi connectivity index (χ0v) is 30.4. The molecule has 56 heavy (non-hydrogen) atoms. The van der Waals surface area contributed by atoms with Crippen LogP contribution in [0.2, 0.25) is 0 Å². The fraction of sp³-hybridized carbons (Fsp3) is 0.263. The molecule has 3 aromatic carbocycles. The predicted molar refractivity (Wildman–Crippen MR) is 200 cm³/mol. The summed E-state index contributed by atoms with van der Waals surface area (Å²) in [5, 5.41) is 13.8. The average Bonchev–Trinajstić information content (AvgIpc) is 3.96. The number of amides is 3. The van der Waals surface area contributed by atoms with E-state index in [9.17, 15) is 37.5 Å². The van der Waals surface area contributed by atoms with Crippen molar-refractivity contribution in [2.75, 3.05) is 63.0 Å². The number of aromatic nitrogens is 2. The van der Waals surface area contributed by atoms with Crippen LogP contribution in [0.1, 0.15) is 48.6 Å². The van der Waals surface area contributed by atoms with Gasteiger partial charge in [0.25, 0.3) is 11.8 Å². The number of aromatic amines is 2. The Labute approximate surface area is 319 Å². The smallest absolute Gasteiger partial charge is 0.432 e. The summed E-state index contributed by atoms with van der Waals surface area (Å²) < 4.78 is 59.6. The number of piperazine rings is 1. The van der Waals surface area contributed by atoms with Crippen molar-refractivity contribution >= 4 is 79.6 Å². The lowest BCUT2D eigenvalue weighted by Gasteiger charge is -2.31. The summed E-state index contributed by atoms with van der Waals surface area (Å²) in [5.74, 6) is -3.67. The summed E-state index contributed by atoms with van der Waals surface area (Å²) in [4.78, 5) is 63.1. The van der Waals surface area contributed by atoms with Crippen LogP contribution in [0.4, 0.5) is 29.3 Å². The number of aromatic carboxylic acids is 1. The zero-order chi connectivity index (χ0) is 39.6. The van der Waals surface area contributed by atoms with Crippen molar-refractivity contribution in [2.24, 2.45) is 0 Å². The van der Waals surface area contributed by atoms with Crippen molar-refractivity contribution in [3.8, 4) is 11.5 Å². The number of fused-ring (bicyclic) bond motifs is 5. The molecule has 0 aliphatic carbocycles. The highest BCUT2D eigenvalue weighted by Gasteiger charge is 2.44. The Hall–Kier alpha value is -6.20. The van der Waals surface area contributed by atoms with E-state index in [1.54, 1.807) is 48.5 Å². The maximum absolute atomic E-state index is 14.3. The SMILES string of the molecule is COc1ccc2oc(C(=O)Nc3ccc4[nH]c(C(=O)N5C[C@@H](CCl)c6c5cc(OC(=O)N5CCN(C)CC5)c5[nH]c(C(F)(F)F)c(C(=O)O)c65)cc4c3)cc2c1. The molecule has 0 saturated carbocycles. The molecule has 0 spiro atoms. The van der Waals surface area contributed by atoms with Crippen LogP contribution in [0.5, 0.6) is 11.5 Å². The number of carbonyl (C=O) groups is 4. The molecule has 0 radical (unpaired) electrons. The summed E-state index contributed by atoms with van der Waals surface area (Å²) in [6.45, 7) is 1.54. The van der Waals surface area contributed by atoms with Gasteiger partial charge in [0.1, 0.15) is 22.7 Å². The summed E-state index contributed by atoms with van der Waals surface area (Å²) in [5.41, 5.74) is -1.33. The van der Waals surface area contributed by atoms with Gasteiger partial charge in [-0.05, 0) is 61.1 Å². The Kier molecular flexibility index (Phi) is 9.08. The molecule has 1 saturated heterocycles. The van der Waals surface area contributed by atoms with E-state index in [0.29, 0.717) is 59.5 Å². The lowest BCUT2D eigenvalue weighted by Crippen LogP contribution is -2.48. The van der Waals surface area contributed by atoms with Crippen LogP contribution in [0.25, 0.3) is 32.8 Å². The molecular weight excluding hydrogens is 761 g/mol. The quantitative estimate of drug-likeness (QED) is 0.123. The second-order valence-corrected chi connectivity index (χ2v) is 13.9. The number of alkyl halides is 4. The molecule has 18 heteroatoms. The molecule has 14 nitrogen and oxygen atoms in total. The molecule has 3 amide bonds. The van der Waals surface area contributed by atoms with Gasteiger partial charge in [-0.2, -0.15) is 13.2 Å². The monoisotopic (exact) mass is 792 g/mol. The van der Waals surface area contributed by atoms with Crippen LogP contribution < -0.4 is 19.7 Å². The summed E-state index contributed by atoms with van der Waals surface area (Å²) in [7, 11) is 3.41. The summed E-state index contributed by atoms with van der Waals surface area (Å²) >= 11 is 6.35. The first-order valence-electron chi connectivity index (χ1n) is 17.3. The number of hydrogen-bond acceptors (Lipinski definition) is 8. The topological polar surface area (TPSA) is 173 Å². The van der Waals surface area contributed by atoms with Crippen molar-refractivity contribution in [3.63, 3.8) is 0 Å². The van der Waals surface area contributed by atoms with Gasteiger partial charge in [-0.25, -0.2) is 9.59 Å². The molecule has 0 bridgehead atoms. The molecule has 5 heterocycles. The van der Waals surface area contributed by atoms with Gasteiger partial charge in [0, 0.05) is 78.0 Å². The molecule has 8 rings (SSSR count). The number of methoxy groups -OCH3 is 1. The van der Waals surface area contributed by atoms with Crippen LogP contribution in [0.3, 0.4) is 0 Å². The van der Waals surface area contributed by atoms with E-state index >= 15 is 0 Å². The first-order valence-corrected chi connectivity index (χ1v) is 17.9. The van der Waals surface area contributed by atoms with E-state index in [-0.39, 0.29) is 51.8 Å². The standard InChI is InChI=1S/C38H32ClF3N6O8/c1-46-7-9-47(10-8-46)37(53)56-27-15-25-29(30-31(36(51)52)33(38(40,41)42)45-32(27)30)20(16-39)17-48(25)35(50)24-13-18-11-21(3-5-23(18)44-24)43-34(49)28-14-19-12-22(54-2)4-6-26(19)55-28/h3-6,11-15,20,44-45H,7-10,16-17H2,1-2H3,(H,43,49)(H,51,52)/t20-/m1/s1. The first-order chi connectivity index (χ1) is 26.7. The molecular formula is C38H32ClF3N6O8. The number of carbonyl (C=O) groups excluding carboxylic acids is 3. The van der Waals surface area contributed by atoms with E-state index in [2.05, 4.69) is 15.3 Å². The number of furan rings is 1. The second kappa shape index (κ2) is 13.8. The third-order valence-corrected chi connectivity index (χ3v) is 10.5. The Morgan fingerprint density at radius 2 is 1.77 bits per heavy atom. The third-order valence-electron chi connectivity index (χ3n) is 10.1. The Morgan fingerprint density at radius 3 is 2.46 bits per heavy atom. The van der Waals surface area contributed by atoms with Gasteiger partial charge < -0.3 is 49.0 Å². The third kappa shape index (κ3) is 6.41. The molecule has 1 atom stereocenters. The minimum Gasteiger partial charge on any atom is -0.497 e. The molecule has 1 fully saturated rings. The van der Waals surface area contributed by atoms with E-state index in [1.165, 1.54) is 23.0 Å². The van der Waals surface area contributed by atoms with Crippen molar-refractivity contribution in [1.82, 2.24) is 19.8 Å². The number of benzene rings is 3. The van der Waals surface area contributed by atoms with Gasteiger partial charge in [0.2, 0.25) is 0 Å². The number of nitrogens with zero attached hydrogens (tertiary/aromatic N) is 3. The number of carboxylic acid groups (broad SMARTS) is 1. The highest BCUT2D eigenvalue weighted by molar-refractivity contribution is 6.20. The number of likely N-dealkylation sites (N-methyl/N-ethyl adjacent to an activating group) is 1. The molecule has 3 aromatic heterocycles. The molecule has 0 unspecified atom stereocenters. The van der Waals surface area contributed by atoms with Gasteiger partial charge in [0.15, 0.2) is 11.5 Å². The minimum absolute atomic E-state index is 0.0413. The maximum Gasteiger partial charge on any atom is 0.432 e. The number of nitrogens with one attached hydrogen (secondary N) is 3. The normalized spacial score (nSPS) is 16.1. The van der Waals surface area contributed by atoms with Gasteiger partial charge in [0.05, 0.1) is 23.9 Å². The first kappa shape index (κ1) is 36.8. The van der Waals surface area contributed by atoms with Crippen molar-refractivity contribution in [3.05, 3.63) is 82.9 Å². The largest absolute Gasteiger partial charge is 0.497 e. The average molecular weight is 793 g/mol. The number of halogens is 4. The lowest BCUT2D eigenvalue weighted by molar-refractivity contribution is -0.141. The second-order valence-electron chi connectivity index (χ2n) is 13.6. The summed E-state index contributed by atoms with van der Waals surface area (Å²) in [6.07, 6.45) is -5.96. The zero-order valence-electron chi connectivity index (χ0n) is 29.7. The van der Waals surface area contributed by atoms with Crippen LogP contribution in [-0.2, 0) is 6.18 Å². The molecule has 2 aliphatic heterocycles. The Bertz CT molecular complexity index is 2590. The van der Waals surface area contributed by atoms with E-state index in [0.717, 1.165) is 0 Å². The summed E-state index contributed by atoms with van der Waals surface area (Å²) in [6, 6.07) is 14.5. The molecule has 4 N–H and O–H groups in total. The van der Waals surface area contributed by atoms with E-state index in [4.69, 9.17) is 25.5 Å². The van der Waals surface area contributed by atoms with Crippen LogP contribution in [0.15, 0.2) is 59.0 Å². The highest BCUT2D eigenvalue weighted by atomic mass is 35.5. The van der Waals surface area contributed by atoms with Gasteiger partial charge >= 0.3 is 18.2 Å². The Balaban J connectivity index is 1.15. The number of anilines is 2. The van der Waals surface area contributed by atoms with Crippen LogP contribution in [0, 0.1) is 0 Å². The number of H-pyrrole nitrogens is 2. The number of carboxylic acids is 1. The van der Waals surface area contributed by atoms with Crippen molar-refractivity contribution in [2.45, 2.75) is 12.1 Å². The van der Waals surface area contributed by atoms with Crippen molar-refractivity contribution < 1.29 is 51.3 Å². The van der Waals surface area contributed by atoms with Gasteiger partial charge in [-0.1, -0.05) is 0 Å². The fourth-order valence-corrected chi connectivity index (χ4v) is 7.55. The molecule has 6 aromatic rings. The predicted octanol–water partition coefficient (Wildman–Crippen LogP) is 7.10. The van der Waals surface area contributed by atoms with Crippen molar-refractivity contribution in [1.29, 1.82) is 0 Å². The fourth-order valence-electron chi connectivity index (χ4n) is 7.30. The van der Waals surface area contributed by atoms with E-state index in [1.807, 2.05) is 11.9 Å². The Morgan fingerprint density at radius 1 is 1.00 bits per heavy atom.